The summed E-state index contributed by atoms with van der Waals surface area (Å²) in [6.45, 7) is 0. The van der Waals surface area contributed by atoms with Gasteiger partial charge in [-0.15, -0.1) is 11.3 Å². The largest absolute Gasteiger partial charge is 0.481 e. The lowest BCUT2D eigenvalue weighted by Crippen LogP contribution is -1.99. The molecule has 0 radical (unpaired) electrons. The molecule has 0 saturated carbocycles. The fourth-order valence-electron chi connectivity index (χ4n) is 1.51. The Morgan fingerprint density at radius 3 is 3.00 bits per heavy atom. The van der Waals surface area contributed by atoms with Crippen molar-refractivity contribution in [2.45, 2.75) is 30.0 Å². The Labute approximate surface area is 90.6 Å². The van der Waals surface area contributed by atoms with Gasteiger partial charge in [0.2, 0.25) is 0 Å². The first kappa shape index (κ1) is 9.98. The zero-order valence-electron chi connectivity index (χ0n) is 7.65. The van der Waals surface area contributed by atoms with Crippen LogP contribution in [0.2, 0.25) is 0 Å². The Morgan fingerprint density at radius 1 is 1.50 bits per heavy atom. The Kier molecular flexibility index (Phi) is 3.08. The van der Waals surface area contributed by atoms with Gasteiger partial charge in [-0.2, -0.15) is 0 Å². The number of aliphatic carboxylic acids is 1. The Morgan fingerprint density at radius 2 is 2.29 bits per heavy atom. The van der Waals surface area contributed by atoms with Crippen LogP contribution >= 0.6 is 23.1 Å². The van der Waals surface area contributed by atoms with E-state index >= 15 is 0 Å². The molecule has 76 valence electrons. The minimum Gasteiger partial charge on any atom is -0.481 e. The second-order valence-electron chi connectivity index (χ2n) is 3.24. The molecule has 0 fully saturated rings. The van der Waals surface area contributed by atoms with Gasteiger partial charge in [0.1, 0.15) is 0 Å². The summed E-state index contributed by atoms with van der Waals surface area (Å²) in [5, 5.41) is 8.53. The van der Waals surface area contributed by atoms with Crippen molar-refractivity contribution in [1.29, 1.82) is 0 Å². The number of rotatable bonds is 3. The first-order valence-corrected chi connectivity index (χ1v) is 6.39. The molecule has 0 bridgehead atoms. The first-order valence-electron chi connectivity index (χ1n) is 4.59. The van der Waals surface area contributed by atoms with Gasteiger partial charge in [0, 0.05) is 4.88 Å². The first-order chi connectivity index (χ1) is 6.75. The van der Waals surface area contributed by atoms with Crippen LogP contribution in [-0.2, 0) is 17.6 Å². The van der Waals surface area contributed by atoms with Gasteiger partial charge in [0.25, 0.3) is 0 Å². The van der Waals surface area contributed by atoms with E-state index in [1.165, 1.54) is 35.2 Å². The third-order valence-electron chi connectivity index (χ3n) is 2.15. The van der Waals surface area contributed by atoms with Gasteiger partial charge in [-0.25, -0.2) is 4.98 Å². The van der Waals surface area contributed by atoms with Crippen molar-refractivity contribution in [3.8, 4) is 0 Å². The van der Waals surface area contributed by atoms with Crippen molar-refractivity contribution < 1.29 is 9.90 Å². The quantitative estimate of drug-likeness (QED) is 0.807. The van der Waals surface area contributed by atoms with Crippen LogP contribution in [-0.4, -0.2) is 21.8 Å². The molecule has 1 aromatic heterocycles. The molecule has 5 heteroatoms. The molecule has 0 spiro atoms. The molecule has 1 heterocycles. The van der Waals surface area contributed by atoms with Gasteiger partial charge in [0.05, 0.1) is 11.4 Å². The maximum absolute atomic E-state index is 10.4. The number of carboxylic acid groups (broad SMARTS) is 1. The van der Waals surface area contributed by atoms with Gasteiger partial charge in [0.15, 0.2) is 4.34 Å². The van der Waals surface area contributed by atoms with Crippen LogP contribution in [0.15, 0.2) is 4.34 Å². The molecule has 0 saturated heterocycles. The molecular weight excluding hydrogens is 218 g/mol. The number of carboxylic acids is 1. The standard InChI is InChI=1S/C9H11NO2S2/c11-8(12)5-13-9-10-6-3-1-2-4-7(6)14-9/h1-5H2,(H,11,12). The van der Waals surface area contributed by atoms with Crippen LogP contribution in [0, 0.1) is 0 Å². The number of aromatic nitrogens is 1. The number of fused-ring (bicyclic) bond motifs is 1. The molecule has 0 atom stereocenters. The van der Waals surface area contributed by atoms with E-state index in [1.807, 2.05) is 0 Å². The van der Waals surface area contributed by atoms with Crippen molar-refractivity contribution in [2.24, 2.45) is 0 Å². The Hall–Kier alpha value is -0.550. The Balaban J connectivity index is 2.04. The zero-order valence-corrected chi connectivity index (χ0v) is 9.29. The highest BCUT2D eigenvalue weighted by atomic mass is 32.2. The molecule has 3 nitrogen and oxygen atoms in total. The fourth-order valence-corrected chi connectivity index (χ4v) is 3.53. The third kappa shape index (κ3) is 2.27. The Bertz CT molecular complexity index is 325. The lowest BCUT2D eigenvalue weighted by atomic mass is 10.0. The predicted molar refractivity (Wildman–Crippen MR) is 57.1 cm³/mol. The normalized spacial score (nSPS) is 15.1. The smallest absolute Gasteiger partial charge is 0.313 e. The maximum Gasteiger partial charge on any atom is 0.313 e. The molecule has 1 N–H and O–H groups in total. The van der Waals surface area contributed by atoms with Crippen molar-refractivity contribution in [2.75, 3.05) is 5.75 Å². The molecule has 14 heavy (non-hydrogen) atoms. The summed E-state index contributed by atoms with van der Waals surface area (Å²) in [4.78, 5) is 16.2. The van der Waals surface area contributed by atoms with E-state index in [0.29, 0.717) is 0 Å². The summed E-state index contributed by atoms with van der Waals surface area (Å²) in [6, 6.07) is 0. The van der Waals surface area contributed by atoms with E-state index in [9.17, 15) is 4.79 Å². The van der Waals surface area contributed by atoms with Crippen LogP contribution in [0.5, 0.6) is 0 Å². The topological polar surface area (TPSA) is 50.2 Å². The molecule has 0 aromatic carbocycles. The number of hydrogen-bond donors (Lipinski definition) is 1. The number of thiazole rings is 1. The van der Waals surface area contributed by atoms with E-state index < -0.39 is 5.97 Å². The summed E-state index contributed by atoms with van der Waals surface area (Å²) in [6.07, 6.45) is 4.66. The van der Waals surface area contributed by atoms with Crippen LogP contribution < -0.4 is 0 Å². The van der Waals surface area contributed by atoms with Gasteiger partial charge >= 0.3 is 5.97 Å². The number of thioether (sulfide) groups is 1. The molecule has 2 rings (SSSR count). The second kappa shape index (κ2) is 4.31. The zero-order chi connectivity index (χ0) is 9.97. The molecule has 1 aromatic rings. The number of aryl methyl sites for hydroxylation is 2. The van der Waals surface area contributed by atoms with Crippen LogP contribution in [0.4, 0.5) is 0 Å². The molecular formula is C9H11NO2S2. The lowest BCUT2D eigenvalue weighted by Gasteiger charge is -2.06. The van der Waals surface area contributed by atoms with Crippen LogP contribution in [0.3, 0.4) is 0 Å². The number of hydrogen-bond acceptors (Lipinski definition) is 4. The van der Waals surface area contributed by atoms with E-state index in [1.54, 1.807) is 11.3 Å². The number of carbonyl (C=O) groups is 1. The van der Waals surface area contributed by atoms with E-state index in [4.69, 9.17) is 5.11 Å². The fraction of sp³-hybridized carbons (Fsp3) is 0.556. The average molecular weight is 229 g/mol. The van der Waals surface area contributed by atoms with Gasteiger partial charge < -0.3 is 5.11 Å². The van der Waals surface area contributed by atoms with Crippen molar-refractivity contribution >= 4 is 29.1 Å². The van der Waals surface area contributed by atoms with Crippen molar-refractivity contribution in [1.82, 2.24) is 4.98 Å². The molecule has 0 amide bonds. The highest BCUT2D eigenvalue weighted by Gasteiger charge is 2.15. The molecule has 0 aliphatic heterocycles. The van der Waals surface area contributed by atoms with E-state index in [-0.39, 0.29) is 5.75 Å². The lowest BCUT2D eigenvalue weighted by molar-refractivity contribution is -0.133. The van der Waals surface area contributed by atoms with Gasteiger partial charge in [-0.05, 0) is 25.7 Å². The van der Waals surface area contributed by atoms with Crippen LogP contribution in [0.25, 0.3) is 0 Å². The molecule has 1 aliphatic rings. The summed E-state index contributed by atoms with van der Waals surface area (Å²) >= 11 is 3.00. The summed E-state index contributed by atoms with van der Waals surface area (Å²) in [7, 11) is 0. The second-order valence-corrected chi connectivity index (χ2v) is 5.55. The monoisotopic (exact) mass is 229 g/mol. The van der Waals surface area contributed by atoms with E-state index in [0.717, 1.165) is 17.2 Å². The third-order valence-corrected chi connectivity index (χ3v) is 4.43. The molecule has 0 unspecified atom stereocenters. The van der Waals surface area contributed by atoms with E-state index in [2.05, 4.69) is 4.98 Å². The van der Waals surface area contributed by atoms with Gasteiger partial charge in [-0.1, -0.05) is 11.8 Å². The summed E-state index contributed by atoms with van der Waals surface area (Å²) in [5.74, 6) is -0.657. The summed E-state index contributed by atoms with van der Waals surface area (Å²) in [5.41, 5.74) is 1.20. The van der Waals surface area contributed by atoms with Gasteiger partial charge in [-0.3, -0.25) is 4.79 Å². The van der Waals surface area contributed by atoms with Crippen molar-refractivity contribution in [3.05, 3.63) is 10.6 Å². The minimum atomic E-state index is -0.775. The predicted octanol–water partition coefficient (Wildman–Crippen LogP) is 2.20. The maximum atomic E-state index is 10.4. The molecule has 1 aliphatic carbocycles. The average Bonchev–Trinajstić information content (AvgIpc) is 2.57. The number of nitrogens with zero attached hydrogens (tertiary/aromatic N) is 1. The SMILES string of the molecule is O=C(O)CSc1nc2c(s1)CCCC2. The summed E-state index contributed by atoms with van der Waals surface area (Å²) < 4.78 is 0.916. The highest BCUT2D eigenvalue weighted by molar-refractivity contribution is 8.01. The minimum absolute atomic E-state index is 0.117. The highest BCUT2D eigenvalue weighted by Crippen LogP contribution is 2.31. The van der Waals surface area contributed by atoms with Crippen molar-refractivity contribution in [3.63, 3.8) is 0 Å². The van der Waals surface area contributed by atoms with Crippen LogP contribution in [0.1, 0.15) is 23.4 Å².